The molecule has 0 saturated carbocycles. The van der Waals surface area contributed by atoms with Crippen LogP contribution >= 0.6 is 0 Å². The van der Waals surface area contributed by atoms with Crippen LogP contribution in [0.4, 0.5) is 4.39 Å². The fourth-order valence-corrected chi connectivity index (χ4v) is 2.03. The number of piperidine rings is 1. The number of nitriles is 1. The zero-order valence-corrected chi connectivity index (χ0v) is 10.2. The number of rotatable bonds is 1. The third-order valence-corrected chi connectivity index (χ3v) is 3.40. The maximum absolute atomic E-state index is 12.9. The lowest BCUT2D eigenvalue weighted by Gasteiger charge is -2.34. The molecule has 1 aromatic heterocycles. The molecule has 1 aromatic rings. The summed E-state index contributed by atoms with van der Waals surface area (Å²) in [6.07, 6.45) is 2.59. The number of halogens is 1. The molecule has 0 radical (unpaired) electrons. The number of likely N-dealkylation sites (tertiary alicyclic amines) is 1. The molecule has 2 rings (SSSR count). The summed E-state index contributed by atoms with van der Waals surface area (Å²) >= 11 is 0. The number of pyridine rings is 1. The van der Waals surface area contributed by atoms with Gasteiger partial charge >= 0.3 is 0 Å². The third kappa shape index (κ3) is 2.48. The van der Waals surface area contributed by atoms with E-state index in [-0.39, 0.29) is 11.3 Å². The Hall–Kier alpha value is -1.96. The molecule has 0 aliphatic carbocycles. The van der Waals surface area contributed by atoms with Crippen molar-refractivity contribution in [3.63, 3.8) is 0 Å². The summed E-state index contributed by atoms with van der Waals surface area (Å²) < 4.78 is 12.9. The Labute approximate surface area is 105 Å². The van der Waals surface area contributed by atoms with E-state index >= 15 is 0 Å². The summed E-state index contributed by atoms with van der Waals surface area (Å²) in [5.74, 6) is -0.851. The van der Waals surface area contributed by atoms with Gasteiger partial charge in [-0.15, -0.1) is 0 Å². The predicted octanol–water partition coefficient (Wildman–Crippen LogP) is 1.99. The zero-order valence-electron chi connectivity index (χ0n) is 10.2. The van der Waals surface area contributed by atoms with Gasteiger partial charge in [0.25, 0.3) is 5.91 Å². The summed E-state index contributed by atoms with van der Waals surface area (Å²) in [6.45, 7) is 2.97. The summed E-state index contributed by atoms with van der Waals surface area (Å²) in [6, 6.07) is 4.92. The van der Waals surface area contributed by atoms with E-state index in [0.29, 0.717) is 31.5 Å². The van der Waals surface area contributed by atoms with Gasteiger partial charge in [0.05, 0.1) is 11.5 Å². The number of amides is 1. The van der Waals surface area contributed by atoms with Crippen molar-refractivity contribution in [2.45, 2.75) is 19.8 Å². The molecule has 1 fully saturated rings. The number of carbonyl (C=O) groups excluding carboxylic acids is 1. The molecule has 1 aliphatic rings. The van der Waals surface area contributed by atoms with Crippen LogP contribution < -0.4 is 0 Å². The molecule has 0 unspecified atom stereocenters. The molecule has 2 heterocycles. The first-order valence-electron chi connectivity index (χ1n) is 5.86. The summed E-state index contributed by atoms with van der Waals surface area (Å²) in [4.78, 5) is 17.2. The fourth-order valence-electron chi connectivity index (χ4n) is 2.03. The monoisotopic (exact) mass is 247 g/mol. The van der Waals surface area contributed by atoms with Gasteiger partial charge in [0, 0.05) is 30.9 Å². The lowest BCUT2D eigenvalue weighted by Crippen LogP contribution is -2.41. The van der Waals surface area contributed by atoms with Crippen LogP contribution in [-0.4, -0.2) is 28.9 Å². The minimum atomic E-state index is -0.653. The predicted molar refractivity (Wildman–Crippen MR) is 63.1 cm³/mol. The van der Waals surface area contributed by atoms with Gasteiger partial charge in [-0.2, -0.15) is 9.65 Å². The molecular formula is C13H14FN3O. The molecule has 0 spiro atoms. The molecule has 5 heteroatoms. The van der Waals surface area contributed by atoms with E-state index in [1.807, 2.05) is 6.92 Å². The van der Waals surface area contributed by atoms with Gasteiger partial charge in [-0.05, 0) is 25.8 Å². The van der Waals surface area contributed by atoms with Crippen LogP contribution in [0.25, 0.3) is 0 Å². The van der Waals surface area contributed by atoms with Crippen molar-refractivity contribution in [1.29, 1.82) is 5.26 Å². The molecule has 1 amide bonds. The topological polar surface area (TPSA) is 57.0 Å². The van der Waals surface area contributed by atoms with Crippen molar-refractivity contribution in [3.05, 3.63) is 29.8 Å². The molecule has 0 N–H and O–H groups in total. The Balaban J connectivity index is 2.07. The van der Waals surface area contributed by atoms with Crippen molar-refractivity contribution in [1.82, 2.24) is 9.88 Å². The van der Waals surface area contributed by atoms with Crippen LogP contribution in [0.1, 0.15) is 30.1 Å². The van der Waals surface area contributed by atoms with Gasteiger partial charge in [0.15, 0.2) is 0 Å². The van der Waals surface area contributed by atoms with Crippen LogP contribution in [-0.2, 0) is 0 Å². The van der Waals surface area contributed by atoms with Crippen LogP contribution in [0, 0.1) is 22.7 Å². The van der Waals surface area contributed by atoms with Gasteiger partial charge in [0.1, 0.15) is 0 Å². The third-order valence-electron chi connectivity index (χ3n) is 3.40. The zero-order chi connectivity index (χ0) is 13.2. The lowest BCUT2D eigenvalue weighted by molar-refractivity contribution is 0.0661. The van der Waals surface area contributed by atoms with Gasteiger partial charge < -0.3 is 4.90 Å². The van der Waals surface area contributed by atoms with E-state index < -0.39 is 5.95 Å². The largest absolute Gasteiger partial charge is 0.339 e. The highest BCUT2D eigenvalue weighted by Crippen LogP contribution is 2.30. The van der Waals surface area contributed by atoms with Crippen molar-refractivity contribution >= 4 is 5.91 Å². The van der Waals surface area contributed by atoms with Gasteiger partial charge in [-0.3, -0.25) is 4.79 Å². The Morgan fingerprint density at radius 1 is 1.56 bits per heavy atom. The first-order valence-corrected chi connectivity index (χ1v) is 5.86. The second kappa shape index (κ2) is 4.73. The molecule has 0 bridgehead atoms. The number of aromatic nitrogens is 1. The van der Waals surface area contributed by atoms with E-state index in [0.717, 1.165) is 6.07 Å². The average Bonchev–Trinajstić information content (AvgIpc) is 2.39. The minimum absolute atomic E-state index is 0.198. The maximum Gasteiger partial charge on any atom is 0.254 e. The fraction of sp³-hybridized carbons (Fsp3) is 0.462. The second-order valence-corrected chi connectivity index (χ2v) is 4.83. The van der Waals surface area contributed by atoms with Crippen molar-refractivity contribution in [2.75, 3.05) is 13.1 Å². The minimum Gasteiger partial charge on any atom is -0.339 e. The summed E-state index contributed by atoms with van der Waals surface area (Å²) in [7, 11) is 0. The highest BCUT2D eigenvalue weighted by Gasteiger charge is 2.32. The maximum atomic E-state index is 12.9. The Bertz CT molecular complexity index is 501. The van der Waals surface area contributed by atoms with Crippen LogP contribution in [0.2, 0.25) is 0 Å². The number of nitrogens with zero attached hydrogens (tertiary/aromatic N) is 3. The Morgan fingerprint density at radius 3 is 2.78 bits per heavy atom. The molecule has 0 aromatic carbocycles. The van der Waals surface area contributed by atoms with Gasteiger partial charge in [-0.25, -0.2) is 4.98 Å². The van der Waals surface area contributed by atoms with Crippen LogP contribution in [0.15, 0.2) is 18.3 Å². The molecule has 1 aliphatic heterocycles. The van der Waals surface area contributed by atoms with Crippen LogP contribution in [0.5, 0.6) is 0 Å². The normalized spacial score (nSPS) is 18.2. The Kier molecular flexibility index (Phi) is 3.28. The second-order valence-electron chi connectivity index (χ2n) is 4.83. The highest BCUT2D eigenvalue weighted by atomic mass is 19.1. The van der Waals surface area contributed by atoms with Gasteiger partial charge in [0.2, 0.25) is 5.95 Å². The van der Waals surface area contributed by atoms with Crippen molar-refractivity contribution in [3.8, 4) is 6.07 Å². The highest BCUT2D eigenvalue weighted by molar-refractivity contribution is 5.94. The standard InChI is InChI=1S/C13H14FN3O/c1-13(9-15)3-6-17(7-4-13)12(18)10-2-5-16-11(14)8-10/h2,5,8H,3-4,6-7H2,1H3. The molecule has 0 atom stereocenters. The smallest absolute Gasteiger partial charge is 0.254 e. The van der Waals surface area contributed by atoms with E-state index in [1.165, 1.54) is 12.3 Å². The van der Waals surface area contributed by atoms with E-state index in [1.54, 1.807) is 4.90 Å². The molecule has 4 nitrogen and oxygen atoms in total. The molecule has 94 valence electrons. The molecule has 1 saturated heterocycles. The quantitative estimate of drug-likeness (QED) is 0.713. The number of hydrogen-bond donors (Lipinski definition) is 0. The van der Waals surface area contributed by atoms with E-state index in [9.17, 15) is 9.18 Å². The van der Waals surface area contributed by atoms with Crippen molar-refractivity contribution < 1.29 is 9.18 Å². The average molecular weight is 247 g/mol. The lowest BCUT2D eigenvalue weighted by atomic mass is 9.82. The Morgan fingerprint density at radius 2 is 2.22 bits per heavy atom. The molecular weight excluding hydrogens is 233 g/mol. The first kappa shape index (κ1) is 12.5. The number of hydrogen-bond acceptors (Lipinski definition) is 3. The summed E-state index contributed by atoms with van der Waals surface area (Å²) in [5.41, 5.74) is -0.0386. The summed E-state index contributed by atoms with van der Waals surface area (Å²) in [5, 5.41) is 9.02. The van der Waals surface area contributed by atoms with Crippen molar-refractivity contribution in [2.24, 2.45) is 5.41 Å². The van der Waals surface area contributed by atoms with Crippen LogP contribution in [0.3, 0.4) is 0 Å². The van der Waals surface area contributed by atoms with Gasteiger partial charge in [-0.1, -0.05) is 0 Å². The number of carbonyl (C=O) groups is 1. The first-order chi connectivity index (χ1) is 8.54. The SMILES string of the molecule is CC1(C#N)CCN(C(=O)c2ccnc(F)c2)CC1. The van der Waals surface area contributed by atoms with E-state index in [2.05, 4.69) is 11.1 Å². The molecule has 18 heavy (non-hydrogen) atoms. The van der Waals surface area contributed by atoms with E-state index in [4.69, 9.17) is 5.26 Å².